The van der Waals surface area contributed by atoms with Crippen molar-refractivity contribution in [2.45, 2.75) is 112 Å². The third-order valence-corrected chi connectivity index (χ3v) is 6.81. The van der Waals surface area contributed by atoms with Crippen LogP contribution < -0.4 is 28.3 Å². The Hall–Kier alpha value is -0.480. The molecule has 2 saturated heterocycles. The maximum Gasteiger partial charge on any atom is 0.185 e. The molecule has 12 nitrogen and oxygen atoms in total. The molecule has 3 aliphatic rings. The predicted octanol–water partition coefficient (Wildman–Crippen LogP) is -3.59. The number of hydrogen-bond acceptors (Lipinski definition) is 12. The molecule has 0 bridgehead atoms. The number of hydrogen-bond donors (Lipinski definition) is 8. The minimum atomic E-state index is -1.29. The Balaban J connectivity index is 1.69. The lowest BCUT2D eigenvalue weighted by Crippen LogP contribution is -2.68. The number of rotatable bonds is 6. The second-order valence-electron chi connectivity index (χ2n) is 9.69. The zero-order valence-electron chi connectivity index (χ0n) is 19.0. The third-order valence-electron chi connectivity index (χ3n) is 6.81. The molecule has 0 aromatic rings. The standard InChI is InChI=1S/C20H41N5O7/c1-8(21)12-5-4-9(22)18(30-12)31-15-10(23)6-11(24)16(13(15)26)32-19-14(27)17(25-3)20(2,28)7-29-19/h8-19,25-28H,4-7,21-24H2,1-3H3/t8-,9-,10-,11+,12-,13-,14-,15-,16+,17+,18-,19-,20+/m0/s1. The van der Waals surface area contributed by atoms with Gasteiger partial charge in [-0.15, -0.1) is 0 Å². The summed E-state index contributed by atoms with van der Waals surface area (Å²) in [4.78, 5) is 0. The summed E-state index contributed by atoms with van der Waals surface area (Å²) < 4.78 is 23.4. The fourth-order valence-electron chi connectivity index (χ4n) is 4.87. The van der Waals surface area contributed by atoms with Gasteiger partial charge < -0.3 is 62.5 Å². The third kappa shape index (κ3) is 5.43. The fraction of sp³-hybridized carbons (Fsp3) is 1.00. The van der Waals surface area contributed by atoms with E-state index in [4.69, 9.17) is 41.9 Å². The number of nitrogens with two attached hydrogens (primary N) is 4. The normalized spacial score (nSPS) is 51.4. The molecule has 0 amide bonds. The lowest BCUT2D eigenvalue weighted by atomic mass is 9.84. The van der Waals surface area contributed by atoms with E-state index in [1.165, 1.54) is 0 Å². The molecular formula is C20H41N5O7. The van der Waals surface area contributed by atoms with Gasteiger partial charge in [0.05, 0.1) is 24.8 Å². The van der Waals surface area contributed by atoms with Crippen LogP contribution in [0.1, 0.15) is 33.1 Å². The number of ether oxygens (including phenoxy) is 4. The van der Waals surface area contributed by atoms with E-state index >= 15 is 0 Å². The van der Waals surface area contributed by atoms with E-state index in [9.17, 15) is 15.3 Å². The summed E-state index contributed by atoms with van der Waals surface area (Å²) in [5.74, 6) is 0. The lowest BCUT2D eigenvalue weighted by Gasteiger charge is -2.48. The van der Waals surface area contributed by atoms with E-state index in [1.807, 2.05) is 6.92 Å². The summed E-state index contributed by atoms with van der Waals surface area (Å²) in [6.07, 6.45) is -4.58. The van der Waals surface area contributed by atoms with Gasteiger partial charge in [0.25, 0.3) is 0 Å². The van der Waals surface area contributed by atoms with Crippen LogP contribution >= 0.6 is 0 Å². The van der Waals surface area contributed by atoms with Crippen molar-refractivity contribution in [1.82, 2.24) is 5.32 Å². The number of likely N-dealkylation sites (N-methyl/N-ethyl adjacent to an activating group) is 1. The quantitative estimate of drug-likeness (QED) is 0.192. The average molecular weight is 464 g/mol. The maximum atomic E-state index is 11.1. The summed E-state index contributed by atoms with van der Waals surface area (Å²) in [6, 6.07) is -2.47. The molecule has 12 heteroatoms. The van der Waals surface area contributed by atoms with Crippen LogP contribution in [0.3, 0.4) is 0 Å². The molecule has 2 aliphatic heterocycles. The minimum Gasteiger partial charge on any atom is -0.388 e. The van der Waals surface area contributed by atoms with Gasteiger partial charge in [0.2, 0.25) is 0 Å². The molecule has 0 spiro atoms. The maximum absolute atomic E-state index is 11.1. The van der Waals surface area contributed by atoms with Crippen molar-refractivity contribution in [3.05, 3.63) is 0 Å². The van der Waals surface area contributed by atoms with Gasteiger partial charge in [-0.2, -0.15) is 0 Å². The Kier molecular flexibility index (Phi) is 8.51. The topological polar surface area (TPSA) is 214 Å². The Bertz CT molecular complexity index is 615. The van der Waals surface area contributed by atoms with Gasteiger partial charge >= 0.3 is 0 Å². The van der Waals surface area contributed by atoms with Crippen molar-refractivity contribution >= 4 is 0 Å². The van der Waals surface area contributed by atoms with Crippen LogP contribution in [0.25, 0.3) is 0 Å². The van der Waals surface area contributed by atoms with Crippen LogP contribution in [-0.2, 0) is 18.9 Å². The number of aliphatic hydroxyl groups is 3. The van der Waals surface area contributed by atoms with Crippen molar-refractivity contribution in [2.24, 2.45) is 22.9 Å². The Morgan fingerprint density at radius 2 is 1.59 bits per heavy atom. The van der Waals surface area contributed by atoms with Crippen molar-refractivity contribution in [3.8, 4) is 0 Å². The van der Waals surface area contributed by atoms with Gasteiger partial charge in [0.1, 0.15) is 30.0 Å². The molecule has 3 fully saturated rings. The van der Waals surface area contributed by atoms with Crippen molar-refractivity contribution in [3.63, 3.8) is 0 Å². The van der Waals surface area contributed by atoms with Crippen LogP contribution in [0, 0.1) is 0 Å². The first-order valence-corrected chi connectivity index (χ1v) is 11.3. The molecule has 0 radical (unpaired) electrons. The van der Waals surface area contributed by atoms with Crippen LogP contribution in [-0.4, -0.2) is 108 Å². The largest absolute Gasteiger partial charge is 0.388 e. The van der Waals surface area contributed by atoms with Gasteiger partial charge in [-0.1, -0.05) is 0 Å². The molecule has 0 aromatic heterocycles. The van der Waals surface area contributed by atoms with Crippen molar-refractivity contribution < 1.29 is 34.3 Å². The number of aliphatic hydroxyl groups excluding tert-OH is 2. The highest BCUT2D eigenvalue weighted by atomic mass is 16.7. The zero-order chi connectivity index (χ0) is 23.8. The van der Waals surface area contributed by atoms with E-state index in [2.05, 4.69) is 5.32 Å². The molecule has 188 valence electrons. The van der Waals surface area contributed by atoms with Gasteiger partial charge in [-0.25, -0.2) is 0 Å². The van der Waals surface area contributed by atoms with Crippen LogP contribution in [0.5, 0.6) is 0 Å². The summed E-state index contributed by atoms with van der Waals surface area (Å²) in [5, 5.41) is 35.0. The first-order chi connectivity index (χ1) is 15.0. The highest BCUT2D eigenvalue weighted by Gasteiger charge is 2.50. The highest BCUT2D eigenvalue weighted by Crippen LogP contribution is 2.31. The molecule has 1 saturated carbocycles. The molecule has 1 aliphatic carbocycles. The van der Waals surface area contributed by atoms with E-state index in [0.717, 1.165) is 6.42 Å². The molecule has 2 heterocycles. The van der Waals surface area contributed by atoms with Crippen LogP contribution in [0.4, 0.5) is 0 Å². The van der Waals surface area contributed by atoms with Crippen LogP contribution in [0.2, 0.25) is 0 Å². The SMILES string of the molecule is CN[C@@H]1[C@H](O)[C@H](O[C@H]2[C@@H](O)[C@@H](O[C@@H]3O[C@H]([C@H](C)N)CC[C@@H]3N)[C@@H](N)C[C@H]2N)OC[C@@]1(C)O. The summed E-state index contributed by atoms with van der Waals surface area (Å²) in [5.41, 5.74) is 23.3. The second kappa shape index (κ2) is 10.4. The smallest absolute Gasteiger partial charge is 0.185 e. The highest BCUT2D eigenvalue weighted by molar-refractivity contribution is 5.02. The Morgan fingerprint density at radius 3 is 2.16 bits per heavy atom. The van der Waals surface area contributed by atoms with Gasteiger partial charge in [0.15, 0.2) is 12.6 Å². The fourth-order valence-corrected chi connectivity index (χ4v) is 4.87. The molecule has 12 N–H and O–H groups in total. The van der Waals surface area contributed by atoms with Gasteiger partial charge in [-0.05, 0) is 40.2 Å². The van der Waals surface area contributed by atoms with E-state index < -0.39 is 60.7 Å². The Morgan fingerprint density at radius 1 is 1.00 bits per heavy atom. The van der Waals surface area contributed by atoms with Crippen molar-refractivity contribution in [1.29, 1.82) is 0 Å². The van der Waals surface area contributed by atoms with E-state index in [0.29, 0.717) is 12.8 Å². The van der Waals surface area contributed by atoms with Crippen LogP contribution in [0.15, 0.2) is 0 Å². The molecule has 13 atom stereocenters. The molecular weight excluding hydrogens is 422 g/mol. The number of nitrogens with one attached hydrogen (secondary N) is 1. The lowest BCUT2D eigenvalue weighted by molar-refractivity contribution is -0.307. The van der Waals surface area contributed by atoms with E-state index in [-0.39, 0.29) is 24.8 Å². The molecule has 32 heavy (non-hydrogen) atoms. The predicted molar refractivity (Wildman–Crippen MR) is 115 cm³/mol. The van der Waals surface area contributed by atoms with Gasteiger partial charge in [0, 0.05) is 18.1 Å². The molecule has 0 unspecified atom stereocenters. The zero-order valence-corrected chi connectivity index (χ0v) is 19.0. The Labute approximate surface area is 188 Å². The van der Waals surface area contributed by atoms with Gasteiger partial charge in [-0.3, -0.25) is 0 Å². The summed E-state index contributed by atoms with van der Waals surface area (Å²) in [6.45, 7) is 3.34. The second-order valence-corrected chi connectivity index (χ2v) is 9.69. The molecule has 3 rings (SSSR count). The first-order valence-electron chi connectivity index (χ1n) is 11.3. The van der Waals surface area contributed by atoms with Crippen molar-refractivity contribution in [2.75, 3.05) is 13.7 Å². The van der Waals surface area contributed by atoms with E-state index in [1.54, 1.807) is 14.0 Å². The first kappa shape index (κ1) is 26.1. The minimum absolute atomic E-state index is 0.0683. The average Bonchev–Trinajstić information content (AvgIpc) is 2.71. The molecule has 0 aromatic carbocycles. The summed E-state index contributed by atoms with van der Waals surface area (Å²) >= 11 is 0. The monoisotopic (exact) mass is 463 g/mol. The summed E-state index contributed by atoms with van der Waals surface area (Å²) in [7, 11) is 1.62.